The van der Waals surface area contributed by atoms with Crippen molar-refractivity contribution in [3.8, 4) is 0 Å². The van der Waals surface area contributed by atoms with Crippen LogP contribution in [0.3, 0.4) is 0 Å². The summed E-state index contributed by atoms with van der Waals surface area (Å²) in [5.74, 6) is 0. The van der Waals surface area contributed by atoms with Crippen molar-refractivity contribution in [3.05, 3.63) is 57.0 Å². The molecule has 4 heteroatoms. The highest BCUT2D eigenvalue weighted by Gasteiger charge is 2.14. The fourth-order valence-corrected chi connectivity index (χ4v) is 4.37. The van der Waals surface area contributed by atoms with Gasteiger partial charge in [0.1, 0.15) is 0 Å². The Morgan fingerprint density at radius 1 is 1.00 bits per heavy atom. The SMILES string of the molecule is O[C@@H](CBr)c1cc2cc(Br)cc(Br)c2c2ccccc12. The van der Waals surface area contributed by atoms with E-state index in [0.29, 0.717) is 5.33 Å². The molecule has 0 radical (unpaired) electrons. The van der Waals surface area contributed by atoms with E-state index < -0.39 is 6.10 Å². The third-order valence-corrected chi connectivity index (χ3v) is 5.11. The van der Waals surface area contributed by atoms with E-state index >= 15 is 0 Å². The van der Waals surface area contributed by atoms with Crippen molar-refractivity contribution in [2.75, 3.05) is 5.33 Å². The Balaban J connectivity index is 2.51. The van der Waals surface area contributed by atoms with Crippen LogP contribution in [0.25, 0.3) is 21.5 Å². The second kappa shape index (κ2) is 5.76. The summed E-state index contributed by atoms with van der Waals surface area (Å²) in [6.07, 6.45) is -0.512. The van der Waals surface area contributed by atoms with Crippen LogP contribution in [0.4, 0.5) is 0 Å². The smallest absolute Gasteiger partial charge is 0.0893 e. The van der Waals surface area contributed by atoms with Gasteiger partial charge in [0, 0.05) is 19.7 Å². The summed E-state index contributed by atoms with van der Waals surface area (Å²) in [6, 6.07) is 14.4. The molecule has 0 fully saturated rings. The summed E-state index contributed by atoms with van der Waals surface area (Å²) in [7, 11) is 0. The minimum atomic E-state index is -0.512. The van der Waals surface area contributed by atoms with Crippen molar-refractivity contribution in [3.63, 3.8) is 0 Å². The highest BCUT2D eigenvalue weighted by Crippen LogP contribution is 2.37. The van der Waals surface area contributed by atoms with Crippen LogP contribution in [-0.2, 0) is 0 Å². The molecule has 0 aliphatic heterocycles. The molecule has 0 saturated heterocycles. The molecule has 0 aliphatic carbocycles. The Kier molecular flexibility index (Phi) is 4.18. The predicted molar refractivity (Wildman–Crippen MR) is 95.6 cm³/mol. The number of alkyl halides is 1. The number of hydrogen-bond acceptors (Lipinski definition) is 1. The van der Waals surface area contributed by atoms with Crippen LogP contribution >= 0.6 is 47.8 Å². The highest BCUT2D eigenvalue weighted by molar-refractivity contribution is 9.11. The van der Waals surface area contributed by atoms with Crippen molar-refractivity contribution in [1.29, 1.82) is 0 Å². The van der Waals surface area contributed by atoms with Gasteiger partial charge in [0.15, 0.2) is 0 Å². The lowest BCUT2D eigenvalue weighted by Crippen LogP contribution is -2.00. The molecule has 0 saturated carbocycles. The molecule has 0 amide bonds. The lowest BCUT2D eigenvalue weighted by Gasteiger charge is -2.15. The van der Waals surface area contributed by atoms with Gasteiger partial charge >= 0.3 is 0 Å². The van der Waals surface area contributed by atoms with Crippen LogP contribution in [0.2, 0.25) is 0 Å². The molecule has 1 N–H and O–H groups in total. The van der Waals surface area contributed by atoms with Crippen LogP contribution in [0.5, 0.6) is 0 Å². The maximum Gasteiger partial charge on any atom is 0.0893 e. The third-order valence-electron chi connectivity index (χ3n) is 3.41. The summed E-state index contributed by atoms with van der Waals surface area (Å²) in [5.41, 5.74) is 0.954. The quantitative estimate of drug-likeness (QED) is 0.372. The van der Waals surface area contributed by atoms with Gasteiger partial charge in [0.2, 0.25) is 0 Å². The van der Waals surface area contributed by atoms with Crippen LogP contribution in [0, 0.1) is 0 Å². The summed E-state index contributed by atoms with van der Waals surface area (Å²) < 4.78 is 2.07. The predicted octanol–water partition coefficient (Wildman–Crippen LogP) is 5.95. The van der Waals surface area contributed by atoms with Gasteiger partial charge in [-0.2, -0.15) is 0 Å². The Morgan fingerprint density at radius 3 is 2.40 bits per heavy atom. The summed E-state index contributed by atoms with van der Waals surface area (Å²) >= 11 is 10.5. The molecule has 1 nitrogen and oxygen atoms in total. The third kappa shape index (κ3) is 2.43. The minimum absolute atomic E-state index is 0.512. The van der Waals surface area contributed by atoms with Gasteiger partial charge < -0.3 is 5.11 Å². The van der Waals surface area contributed by atoms with E-state index in [-0.39, 0.29) is 0 Å². The van der Waals surface area contributed by atoms with Crippen LogP contribution in [0.1, 0.15) is 11.7 Å². The van der Waals surface area contributed by atoms with Gasteiger partial charge in [-0.05, 0) is 39.9 Å². The number of rotatable bonds is 2. The molecule has 0 bridgehead atoms. The maximum atomic E-state index is 10.3. The van der Waals surface area contributed by atoms with Crippen molar-refractivity contribution >= 4 is 69.3 Å². The molecule has 1 atom stereocenters. The maximum absolute atomic E-state index is 10.3. The summed E-state index contributed by atoms with van der Waals surface area (Å²) in [5, 5.41) is 15.3. The number of benzene rings is 3. The summed E-state index contributed by atoms with van der Waals surface area (Å²) in [4.78, 5) is 0. The van der Waals surface area contributed by atoms with E-state index in [0.717, 1.165) is 30.7 Å². The molecule has 3 aromatic carbocycles. The highest BCUT2D eigenvalue weighted by atomic mass is 79.9. The van der Waals surface area contributed by atoms with Gasteiger partial charge in [-0.1, -0.05) is 72.1 Å². The van der Waals surface area contributed by atoms with E-state index in [4.69, 9.17) is 0 Å². The molecule has 0 unspecified atom stereocenters. The molecule has 0 spiro atoms. The largest absolute Gasteiger partial charge is 0.388 e. The van der Waals surface area contributed by atoms with E-state index in [9.17, 15) is 5.11 Å². The monoisotopic (exact) mass is 456 g/mol. The van der Waals surface area contributed by atoms with Gasteiger partial charge in [0.25, 0.3) is 0 Å². The Labute approximate surface area is 142 Å². The number of fused-ring (bicyclic) bond motifs is 3. The lowest BCUT2D eigenvalue weighted by molar-refractivity contribution is 0.207. The molecule has 0 aromatic heterocycles. The molecule has 102 valence electrons. The van der Waals surface area contributed by atoms with Crippen LogP contribution in [0.15, 0.2) is 51.4 Å². The van der Waals surface area contributed by atoms with Crippen molar-refractivity contribution in [2.24, 2.45) is 0 Å². The van der Waals surface area contributed by atoms with E-state index in [1.165, 1.54) is 5.39 Å². The van der Waals surface area contributed by atoms with E-state index in [2.05, 4.69) is 78.1 Å². The topological polar surface area (TPSA) is 20.2 Å². The van der Waals surface area contributed by atoms with Crippen molar-refractivity contribution < 1.29 is 5.11 Å². The van der Waals surface area contributed by atoms with Gasteiger partial charge in [0.05, 0.1) is 6.10 Å². The second-order valence-electron chi connectivity index (χ2n) is 4.67. The number of aliphatic hydroxyl groups is 1. The zero-order chi connectivity index (χ0) is 14.3. The molecule has 20 heavy (non-hydrogen) atoms. The molecule has 0 aliphatic rings. The van der Waals surface area contributed by atoms with E-state index in [1.54, 1.807) is 0 Å². The zero-order valence-electron chi connectivity index (χ0n) is 10.4. The van der Waals surface area contributed by atoms with Crippen molar-refractivity contribution in [1.82, 2.24) is 0 Å². The average molecular weight is 459 g/mol. The lowest BCUT2D eigenvalue weighted by atomic mass is 9.95. The Hall–Kier alpha value is -0.420. The zero-order valence-corrected chi connectivity index (χ0v) is 15.2. The standard InChI is InChI=1S/C16H11Br3O/c17-8-15(20)13-6-9-5-10(18)7-14(19)16(9)12-4-2-1-3-11(12)13/h1-7,15,20H,8H2/t15-/m0/s1. The van der Waals surface area contributed by atoms with Gasteiger partial charge in [-0.3, -0.25) is 0 Å². The molecule has 3 aromatic rings. The van der Waals surface area contributed by atoms with Crippen LogP contribution < -0.4 is 0 Å². The molecular weight excluding hydrogens is 448 g/mol. The number of aliphatic hydroxyl groups excluding tert-OH is 1. The first-order valence-electron chi connectivity index (χ1n) is 6.16. The Bertz CT molecular complexity index is 798. The number of hydrogen-bond donors (Lipinski definition) is 1. The first-order valence-corrected chi connectivity index (χ1v) is 8.87. The van der Waals surface area contributed by atoms with E-state index in [1.807, 2.05) is 12.1 Å². The normalized spacial score (nSPS) is 13.0. The fourth-order valence-electron chi connectivity index (χ4n) is 2.55. The Morgan fingerprint density at radius 2 is 1.70 bits per heavy atom. The molecular formula is C16H11Br3O. The fraction of sp³-hybridized carbons (Fsp3) is 0.125. The molecule has 3 rings (SSSR count). The first-order chi connectivity index (χ1) is 9.61. The molecule has 0 heterocycles. The van der Waals surface area contributed by atoms with Crippen LogP contribution in [-0.4, -0.2) is 10.4 Å². The van der Waals surface area contributed by atoms with Gasteiger partial charge in [-0.15, -0.1) is 0 Å². The number of halogens is 3. The average Bonchev–Trinajstić information content (AvgIpc) is 2.44. The van der Waals surface area contributed by atoms with Crippen molar-refractivity contribution in [2.45, 2.75) is 6.10 Å². The van der Waals surface area contributed by atoms with Gasteiger partial charge in [-0.25, -0.2) is 0 Å². The second-order valence-corrected chi connectivity index (χ2v) is 7.08. The first kappa shape index (κ1) is 14.5. The summed E-state index contributed by atoms with van der Waals surface area (Å²) in [6.45, 7) is 0. The minimum Gasteiger partial charge on any atom is -0.388 e.